The number of nitrogens with one attached hydrogen (secondary N) is 1. The summed E-state index contributed by atoms with van der Waals surface area (Å²) in [7, 11) is 0. The molecule has 2 aromatic heterocycles. The number of piperidine rings is 1. The topological polar surface area (TPSA) is 61.9 Å². The number of benzene rings is 1. The van der Waals surface area contributed by atoms with E-state index < -0.39 is 0 Å². The van der Waals surface area contributed by atoms with E-state index in [-0.39, 0.29) is 5.41 Å². The van der Waals surface area contributed by atoms with Crippen molar-refractivity contribution in [2.24, 2.45) is 0 Å². The van der Waals surface area contributed by atoms with Crippen LogP contribution in [0.1, 0.15) is 42.9 Å². The normalized spacial score (nSPS) is 19.6. The molecule has 1 aromatic carbocycles. The fraction of sp³-hybridized carbons (Fsp3) is 0.381. The summed E-state index contributed by atoms with van der Waals surface area (Å²) in [5.41, 5.74) is 3.90. The highest BCUT2D eigenvalue weighted by Crippen LogP contribution is 2.50. The Morgan fingerprint density at radius 3 is 2.50 bits per heavy atom. The maximum absolute atomic E-state index is 13.2. The average Bonchev–Trinajstić information content (AvgIpc) is 3.40. The van der Waals surface area contributed by atoms with Crippen LogP contribution in [0.2, 0.25) is 0 Å². The molecule has 3 aromatic rings. The monoisotopic (exact) mass is 346 g/mol. The van der Waals surface area contributed by atoms with Gasteiger partial charge in [-0.15, -0.1) is 0 Å². The fourth-order valence-electron chi connectivity index (χ4n) is 4.30. The van der Waals surface area contributed by atoms with Gasteiger partial charge in [0, 0.05) is 37.1 Å². The lowest BCUT2D eigenvalue weighted by molar-refractivity contribution is -0.135. The van der Waals surface area contributed by atoms with Crippen molar-refractivity contribution in [2.45, 2.75) is 37.0 Å². The molecule has 1 saturated heterocycles. The van der Waals surface area contributed by atoms with Crippen LogP contribution in [0.25, 0.3) is 11.2 Å². The third-order valence-corrected chi connectivity index (χ3v) is 5.99. The molecular formula is C21H22N4O. The number of rotatable bonds is 3. The molecule has 0 atom stereocenters. The Morgan fingerprint density at radius 2 is 1.81 bits per heavy atom. The Balaban J connectivity index is 1.29. The van der Waals surface area contributed by atoms with Crippen molar-refractivity contribution in [2.75, 3.05) is 13.1 Å². The molecule has 5 heteroatoms. The van der Waals surface area contributed by atoms with Gasteiger partial charge >= 0.3 is 0 Å². The van der Waals surface area contributed by atoms with Gasteiger partial charge in [-0.2, -0.15) is 0 Å². The molecular weight excluding hydrogens is 324 g/mol. The number of aromatic nitrogens is 3. The Kier molecular flexibility index (Phi) is 3.55. The lowest BCUT2D eigenvalue weighted by atomic mass is 9.90. The van der Waals surface area contributed by atoms with Gasteiger partial charge in [0.2, 0.25) is 5.91 Å². The first-order chi connectivity index (χ1) is 12.8. The summed E-state index contributed by atoms with van der Waals surface area (Å²) in [5.74, 6) is 0.768. The van der Waals surface area contributed by atoms with Crippen molar-refractivity contribution in [1.82, 2.24) is 19.9 Å². The summed E-state index contributed by atoms with van der Waals surface area (Å²) < 4.78 is 0. The van der Waals surface area contributed by atoms with Crippen LogP contribution >= 0.6 is 0 Å². The fourth-order valence-corrected chi connectivity index (χ4v) is 4.30. The molecule has 2 fully saturated rings. The number of aromatic amines is 1. The summed E-state index contributed by atoms with van der Waals surface area (Å²) >= 11 is 0. The molecule has 1 aliphatic heterocycles. The van der Waals surface area contributed by atoms with Crippen LogP contribution in [0, 0.1) is 0 Å². The lowest BCUT2D eigenvalue weighted by Gasteiger charge is -2.34. The molecule has 1 saturated carbocycles. The number of H-pyrrole nitrogens is 1. The molecule has 5 rings (SSSR count). The van der Waals surface area contributed by atoms with Crippen molar-refractivity contribution in [3.8, 4) is 0 Å². The molecule has 26 heavy (non-hydrogen) atoms. The van der Waals surface area contributed by atoms with Crippen LogP contribution in [0.3, 0.4) is 0 Å². The second-order valence-electron chi connectivity index (χ2n) is 7.53. The number of hydrogen-bond donors (Lipinski definition) is 1. The maximum Gasteiger partial charge on any atom is 0.233 e. The molecule has 0 radical (unpaired) electrons. The van der Waals surface area contributed by atoms with Gasteiger partial charge in [-0.25, -0.2) is 4.98 Å². The van der Waals surface area contributed by atoms with Gasteiger partial charge in [-0.3, -0.25) is 9.78 Å². The number of nitrogens with zero attached hydrogens (tertiary/aromatic N) is 3. The number of carbonyl (C=O) groups is 1. The van der Waals surface area contributed by atoms with Crippen LogP contribution < -0.4 is 0 Å². The van der Waals surface area contributed by atoms with E-state index in [9.17, 15) is 4.79 Å². The Labute approximate surface area is 152 Å². The predicted octanol–water partition coefficient (Wildman–Crippen LogP) is 3.40. The SMILES string of the molecule is O=C(N1CCC(c2cc3nccnc3[nH]2)CC1)C1(c2ccccc2)CC1. The van der Waals surface area contributed by atoms with Gasteiger partial charge in [0.15, 0.2) is 5.65 Å². The third kappa shape index (κ3) is 2.50. The zero-order valence-electron chi connectivity index (χ0n) is 14.7. The van der Waals surface area contributed by atoms with E-state index in [1.807, 2.05) is 18.2 Å². The van der Waals surface area contributed by atoms with Gasteiger partial charge < -0.3 is 9.88 Å². The van der Waals surface area contributed by atoms with Crippen LogP contribution in [0.15, 0.2) is 48.8 Å². The van der Waals surface area contributed by atoms with Crippen LogP contribution in [0.5, 0.6) is 0 Å². The highest BCUT2D eigenvalue weighted by Gasteiger charge is 2.53. The van der Waals surface area contributed by atoms with Crippen LogP contribution in [0.4, 0.5) is 0 Å². The first-order valence-electron chi connectivity index (χ1n) is 9.41. The van der Waals surface area contributed by atoms with Crippen molar-refractivity contribution in [3.63, 3.8) is 0 Å². The molecule has 2 aliphatic rings. The number of carbonyl (C=O) groups excluding carboxylic acids is 1. The first kappa shape index (κ1) is 15.6. The molecule has 1 aliphatic carbocycles. The van der Waals surface area contributed by atoms with E-state index in [1.54, 1.807) is 12.4 Å². The van der Waals surface area contributed by atoms with E-state index in [4.69, 9.17) is 0 Å². The molecule has 1 amide bonds. The van der Waals surface area contributed by atoms with Gasteiger partial charge in [0.25, 0.3) is 0 Å². The molecule has 3 heterocycles. The van der Waals surface area contributed by atoms with Gasteiger partial charge in [0.1, 0.15) is 5.52 Å². The van der Waals surface area contributed by atoms with Gasteiger partial charge in [0.05, 0.1) is 5.41 Å². The second-order valence-corrected chi connectivity index (χ2v) is 7.53. The minimum Gasteiger partial charge on any atom is -0.342 e. The Bertz CT molecular complexity index is 904. The van der Waals surface area contributed by atoms with E-state index in [1.165, 1.54) is 11.3 Å². The second kappa shape index (κ2) is 5.94. The van der Waals surface area contributed by atoms with Crippen LogP contribution in [-0.4, -0.2) is 38.8 Å². The molecule has 1 N–H and O–H groups in total. The summed E-state index contributed by atoms with van der Waals surface area (Å²) in [6, 6.07) is 12.4. The number of amides is 1. The number of fused-ring (bicyclic) bond motifs is 1. The minimum absolute atomic E-state index is 0.247. The van der Waals surface area contributed by atoms with E-state index in [2.05, 4.69) is 38.1 Å². The third-order valence-electron chi connectivity index (χ3n) is 5.99. The summed E-state index contributed by atoms with van der Waals surface area (Å²) in [6.07, 6.45) is 7.37. The Hall–Kier alpha value is -2.69. The zero-order chi connectivity index (χ0) is 17.6. The van der Waals surface area contributed by atoms with Crippen LogP contribution in [-0.2, 0) is 10.2 Å². The van der Waals surface area contributed by atoms with Crippen molar-refractivity contribution >= 4 is 17.1 Å². The summed E-state index contributed by atoms with van der Waals surface area (Å²) in [5, 5.41) is 0. The Morgan fingerprint density at radius 1 is 1.08 bits per heavy atom. The smallest absolute Gasteiger partial charge is 0.233 e. The molecule has 0 unspecified atom stereocenters. The van der Waals surface area contributed by atoms with Crippen molar-refractivity contribution < 1.29 is 4.79 Å². The first-order valence-corrected chi connectivity index (χ1v) is 9.41. The minimum atomic E-state index is -0.247. The molecule has 0 spiro atoms. The summed E-state index contributed by atoms with van der Waals surface area (Å²) in [6.45, 7) is 1.66. The van der Waals surface area contributed by atoms with E-state index in [0.717, 1.165) is 49.9 Å². The standard InChI is InChI=1S/C21H22N4O/c26-20(21(8-9-21)16-4-2-1-3-5-16)25-12-6-15(7-13-25)17-14-18-19(24-17)23-11-10-22-18/h1-5,10-11,14-15H,6-9,12-13H2,(H,23,24). The molecule has 5 nitrogen and oxygen atoms in total. The highest BCUT2D eigenvalue weighted by atomic mass is 16.2. The van der Waals surface area contributed by atoms with Crippen molar-refractivity contribution in [1.29, 1.82) is 0 Å². The quantitative estimate of drug-likeness (QED) is 0.791. The van der Waals surface area contributed by atoms with Gasteiger partial charge in [-0.1, -0.05) is 30.3 Å². The number of hydrogen-bond acceptors (Lipinski definition) is 3. The molecule has 0 bridgehead atoms. The number of likely N-dealkylation sites (tertiary alicyclic amines) is 1. The predicted molar refractivity (Wildman–Crippen MR) is 99.8 cm³/mol. The zero-order valence-corrected chi connectivity index (χ0v) is 14.7. The summed E-state index contributed by atoms with van der Waals surface area (Å²) in [4.78, 5) is 27.3. The van der Waals surface area contributed by atoms with Crippen molar-refractivity contribution in [3.05, 3.63) is 60.0 Å². The highest BCUT2D eigenvalue weighted by molar-refractivity contribution is 5.91. The van der Waals surface area contributed by atoms with Gasteiger partial charge in [-0.05, 0) is 37.3 Å². The molecule has 132 valence electrons. The lowest BCUT2D eigenvalue weighted by Crippen LogP contribution is -2.43. The average molecular weight is 346 g/mol. The van der Waals surface area contributed by atoms with E-state index in [0.29, 0.717) is 11.8 Å². The maximum atomic E-state index is 13.2. The largest absolute Gasteiger partial charge is 0.342 e. The van der Waals surface area contributed by atoms with E-state index >= 15 is 0 Å².